The molecule has 0 bridgehead atoms. The maximum atomic E-state index is 11.6. The van der Waals surface area contributed by atoms with Crippen molar-refractivity contribution < 1.29 is 4.79 Å². The Morgan fingerprint density at radius 3 is 2.69 bits per heavy atom. The lowest BCUT2D eigenvalue weighted by atomic mass is 9.69. The summed E-state index contributed by atoms with van der Waals surface area (Å²) in [5.74, 6) is 0.116. The maximum Gasteiger partial charge on any atom is 0.159 e. The van der Waals surface area contributed by atoms with Crippen molar-refractivity contribution in [1.29, 1.82) is 0 Å². The van der Waals surface area contributed by atoms with E-state index >= 15 is 0 Å². The molecule has 0 spiro atoms. The molecule has 2 heteroatoms. The molecule has 0 fully saturated rings. The number of H-pyrrole nitrogens is 1. The monoisotopic (exact) mass is 351 g/mol. The van der Waals surface area contributed by atoms with Crippen molar-refractivity contribution in [1.82, 2.24) is 4.98 Å². The van der Waals surface area contributed by atoms with Gasteiger partial charge in [-0.1, -0.05) is 52.3 Å². The fraction of sp³-hybridized carbons (Fsp3) is 0.542. The van der Waals surface area contributed by atoms with E-state index in [1.54, 1.807) is 6.92 Å². The van der Waals surface area contributed by atoms with Crippen molar-refractivity contribution in [3.05, 3.63) is 41.6 Å². The van der Waals surface area contributed by atoms with Crippen LogP contribution in [0.5, 0.6) is 0 Å². The number of hydrogen-bond acceptors (Lipinski definition) is 1. The second kappa shape index (κ2) is 7.06. The van der Waals surface area contributed by atoms with Crippen molar-refractivity contribution in [2.45, 2.75) is 73.1 Å². The van der Waals surface area contributed by atoms with Gasteiger partial charge in [-0.25, -0.2) is 0 Å². The lowest BCUT2D eigenvalue weighted by molar-refractivity contribution is 0.101. The highest BCUT2D eigenvalue weighted by Crippen LogP contribution is 2.45. The number of allylic oxidation sites excluding steroid dienone is 2. The number of benzene rings is 1. The van der Waals surface area contributed by atoms with Crippen LogP contribution in [0.1, 0.15) is 89.1 Å². The number of aromatic nitrogens is 1. The minimum Gasteiger partial charge on any atom is -0.361 e. The smallest absolute Gasteiger partial charge is 0.159 e. The van der Waals surface area contributed by atoms with Crippen LogP contribution in [-0.4, -0.2) is 10.8 Å². The van der Waals surface area contributed by atoms with Gasteiger partial charge in [-0.2, -0.15) is 0 Å². The van der Waals surface area contributed by atoms with Crippen LogP contribution in [0.3, 0.4) is 0 Å². The summed E-state index contributed by atoms with van der Waals surface area (Å²) < 4.78 is 0. The summed E-state index contributed by atoms with van der Waals surface area (Å²) in [4.78, 5) is 15.0. The van der Waals surface area contributed by atoms with Gasteiger partial charge >= 0.3 is 0 Å². The first-order valence-corrected chi connectivity index (χ1v) is 10.0. The molecular weight excluding hydrogens is 318 g/mol. The molecule has 1 aromatic carbocycles. The van der Waals surface area contributed by atoms with Gasteiger partial charge < -0.3 is 4.98 Å². The highest BCUT2D eigenvalue weighted by atomic mass is 16.1. The van der Waals surface area contributed by atoms with E-state index in [-0.39, 0.29) is 5.78 Å². The predicted octanol–water partition coefficient (Wildman–Crippen LogP) is 7.16. The summed E-state index contributed by atoms with van der Waals surface area (Å²) in [6, 6.07) is 6.01. The maximum absolute atomic E-state index is 11.6. The van der Waals surface area contributed by atoms with Crippen molar-refractivity contribution in [3.63, 3.8) is 0 Å². The van der Waals surface area contributed by atoms with Crippen molar-refractivity contribution >= 4 is 22.3 Å². The molecule has 0 aliphatic heterocycles. The van der Waals surface area contributed by atoms with Crippen LogP contribution in [0.4, 0.5) is 0 Å². The highest BCUT2D eigenvalue weighted by Gasteiger charge is 2.30. The van der Waals surface area contributed by atoms with Gasteiger partial charge in [0.1, 0.15) is 0 Å². The fourth-order valence-corrected chi connectivity index (χ4v) is 3.91. The van der Waals surface area contributed by atoms with Crippen molar-refractivity contribution in [2.24, 2.45) is 10.8 Å². The summed E-state index contributed by atoms with van der Waals surface area (Å²) in [6.07, 6.45) is 12.0. The van der Waals surface area contributed by atoms with Gasteiger partial charge in [0.05, 0.1) is 0 Å². The third-order valence-corrected chi connectivity index (χ3v) is 6.64. The molecule has 26 heavy (non-hydrogen) atoms. The average molecular weight is 352 g/mol. The number of fused-ring (bicyclic) bond motifs is 1. The molecule has 1 aliphatic rings. The van der Waals surface area contributed by atoms with Gasteiger partial charge in [-0.05, 0) is 61.5 Å². The Bertz CT molecular complexity index is 839. The van der Waals surface area contributed by atoms with Gasteiger partial charge in [0.25, 0.3) is 0 Å². The Morgan fingerprint density at radius 1 is 1.31 bits per heavy atom. The lowest BCUT2D eigenvalue weighted by Gasteiger charge is -2.36. The number of carbonyl (C=O) groups is 1. The number of nitrogens with one attached hydrogen (secondary N) is 1. The average Bonchev–Trinajstić information content (AvgIpc) is 3.04. The molecule has 1 heterocycles. The van der Waals surface area contributed by atoms with Crippen molar-refractivity contribution in [2.75, 3.05) is 0 Å². The third-order valence-electron chi connectivity index (χ3n) is 6.64. The van der Waals surface area contributed by atoms with E-state index < -0.39 is 0 Å². The second-order valence-electron chi connectivity index (χ2n) is 9.28. The summed E-state index contributed by atoms with van der Waals surface area (Å²) in [7, 11) is 0. The molecule has 2 nitrogen and oxygen atoms in total. The second-order valence-corrected chi connectivity index (χ2v) is 9.28. The number of hydrogen-bond donors (Lipinski definition) is 1. The zero-order chi connectivity index (χ0) is 18.9. The first-order chi connectivity index (χ1) is 12.2. The van der Waals surface area contributed by atoms with Crippen LogP contribution in [0.15, 0.2) is 30.5 Å². The molecule has 1 aromatic heterocycles. The molecule has 1 unspecified atom stereocenters. The standard InChI is InChI=1S/C24H33NO/c1-6-23(3,4)13-14-24(5)11-9-18(10-12-24)21-16-25-22-15-19(17(2)26)7-8-20(21)22/h7-9,15-16,25H,6,10-14H2,1-5H3. The SMILES string of the molecule is CCC(C)(C)CCC1(C)CC=C(c2c[nH]c3cc(C(C)=O)ccc23)CC1. The Balaban J connectivity index is 1.77. The minimum absolute atomic E-state index is 0.116. The zero-order valence-electron chi connectivity index (χ0n) is 17.0. The van der Waals surface area contributed by atoms with E-state index in [0.717, 1.165) is 17.5 Å². The molecule has 0 saturated heterocycles. The molecule has 1 aliphatic carbocycles. The molecule has 1 N–H and O–H groups in total. The van der Waals surface area contributed by atoms with E-state index in [2.05, 4.69) is 51.0 Å². The van der Waals surface area contributed by atoms with Crippen LogP contribution in [0, 0.1) is 10.8 Å². The molecule has 140 valence electrons. The molecule has 1 atom stereocenters. The normalized spacial score (nSPS) is 21.0. The summed E-state index contributed by atoms with van der Waals surface area (Å²) in [6.45, 7) is 11.2. The Labute approximate surface area is 158 Å². The van der Waals surface area contributed by atoms with Crippen LogP contribution in [-0.2, 0) is 0 Å². The molecular formula is C24H33NO. The highest BCUT2D eigenvalue weighted by molar-refractivity contribution is 6.00. The van der Waals surface area contributed by atoms with E-state index in [4.69, 9.17) is 0 Å². The Hall–Kier alpha value is -1.83. The topological polar surface area (TPSA) is 32.9 Å². The quantitative estimate of drug-likeness (QED) is 0.550. The largest absolute Gasteiger partial charge is 0.361 e. The number of carbonyl (C=O) groups excluding carboxylic acids is 1. The van der Waals surface area contributed by atoms with E-state index in [0.29, 0.717) is 10.8 Å². The number of ketones is 1. The number of rotatable bonds is 6. The Morgan fingerprint density at radius 2 is 2.08 bits per heavy atom. The van der Waals surface area contributed by atoms with E-state index in [1.165, 1.54) is 48.6 Å². The zero-order valence-corrected chi connectivity index (χ0v) is 17.0. The van der Waals surface area contributed by atoms with Crippen LogP contribution in [0.2, 0.25) is 0 Å². The van der Waals surface area contributed by atoms with Gasteiger partial charge in [0.2, 0.25) is 0 Å². The molecule has 0 radical (unpaired) electrons. The first kappa shape index (κ1) is 18.9. The predicted molar refractivity (Wildman–Crippen MR) is 112 cm³/mol. The van der Waals surface area contributed by atoms with Crippen LogP contribution >= 0.6 is 0 Å². The van der Waals surface area contributed by atoms with Gasteiger partial charge in [-0.3, -0.25) is 4.79 Å². The third kappa shape index (κ3) is 3.95. The summed E-state index contributed by atoms with van der Waals surface area (Å²) >= 11 is 0. The molecule has 3 rings (SSSR count). The summed E-state index contributed by atoms with van der Waals surface area (Å²) in [5, 5.41) is 1.23. The van der Waals surface area contributed by atoms with Gasteiger partial charge in [-0.15, -0.1) is 0 Å². The Kier molecular flexibility index (Phi) is 5.14. The number of aromatic amines is 1. The van der Waals surface area contributed by atoms with Crippen molar-refractivity contribution in [3.8, 4) is 0 Å². The minimum atomic E-state index is 0.116. The molecule has 0 saturated carbocycles. The molecule has 0 amide bonds. The van der Waals surface area contributed by atoms with E-state index in [1.807, 2.05) is 12.1 Å². The van der Waals surface area contributed by atoms with Crippen LogP contribution in [0.25, 0.3) is 16.5 Å². The molecule has 2 aromatic rings. The summed E-state index contributed by atoms with van der Waals surface area (Å²) in [5.41, 5.74) is 5.49. The van der Waals surface area contributed by atoms with Gasteiger partial charge in [0.15, 0.2) is 5.78 Å². The number of Topliss-reactive ketones (excluding diaryl/α,β-unsaturated/α-hetero) is 1. The van der Waals surface area contributed by atoms with Crippen LogP contribution < -0.4 is 0 Å². The fourth-order valence-electron chi connectivity index (χ4n) is 3.91. The van der Waals surface area contributed by atoms with E-state index in [9.17, 15) is 4.79 Å². The van der Waals surface area contributed by atoms with Gasteiger partial charge in [0, 0.05) is 28.2 Å². The lowest BCUT2D eigenvalue weighted by Crippen LogP contribution is -2.22. The first-order valence-electron chi connectivity index (χ1n) is 10.0.